The molecule has 2 aromatic heterocycles. The first kappa shape index (κ1) is 14.0. The molecule has 0 aliphatic heterocycles. The third-order valence-corrected chi connectivity index (χ3v) is 3.69. The first-order valence-corrected chi connectivity index (χ1v) is 7.44. The van der Waals surface area contributed by atoms with E-state index < -0.39 is 0 Å². The van der Waals surface area contributed by atoms with E-state index in [1.54, 1.807) is 12.5 Å². The van der Waals surface area contributed by atoms with E-state index >= 15 is 0 Å². The second kappa shape index (κ2) is 5.81. The fraction of sp³-hybridized carbons (Fsp3) is 0.200. The van der Waals surface area contributed by atoms with E-state index in [2.05, 4.69) is 37.4 Å². The number of hydrogen-bond donors (Lipinski definition) is 0. The summed E-state index contributed by atoms with van der Waals surface area (Å²) in [6.45, 7) is 2.73. The van der Waals surface area contributed by atoms with Gasteiger partial charge in [-0.15, -0.1) is 0 Å². The zero-order chi connectivity index (χ0) is 14.8. The third kappa shape index (κ3) is 3.05. The Morgan fingerprint density at radius 1 is 1.24 bits per heavy atom. The van der Waals surface area contributed by atoms with Gasteiger partial charge in [-0.2, -0.15) is 0 Å². The largest absolute Gasteiger partial charge is 0.329 e. The summed E-state index contributed by atoms with van der Waals surface area (Å²) in [6, 6.07) is 4.76. The van der Waals surface area contributed by atoms with Crippen molar-refractivity contribution >= 4 is 15.9 Å². The molecule has 108 valence electrons. The topological polar surface area (TPSA) is 35.6 Å². The first-order chi connectivity index (χ1) is 10.2. The van der Waals surface area contributed by atoms with E-state index in [4.69, 9.17) is 0 Å². The van der Waals surface area contributed by atoms with Gasteiger partial charge in [0.1, 0.15) is 11.6 Å². The van der Waals surface area contributed by atoms with Crippen molar-refractivity contribution in [3.05, 3.63) is 64.9 Å². The van der Waals surface area contributed by atoms with Crippen molar-refractivity contribution in [3.63, 3.8) is 0 Å². The molecule has 0 saturated heterocycles. The summed E-state index contributed by atoms with van der Waals surface area (Å²) in [7, 11) is 0. The lowest BCUT2D eigenvalue weighted by Crippen LogP contribution is -2.03. The van der Waals surface area contributed by atoms with Crippen molar-refractivity contribution in [2.45, 2.75) is 19.9 Å². The summed E-state index contributed by atoms with van der Waals surface area (Å²) in [5.41, 5.74) is 1.64. The van der Waals surface area contributed by atoms with Gasteiger partial charge < -0.3 is 9.13 Å². The Balaban J connectivity index is 1.86. The number of nitrogens with zero attached hydrogens (tertiary/aromatic N) is 4. The quantitative estimate of drug-likeness (QED) is 0.722. The molecule has 21 heavy (non-hydrogen) atoms. The predicted molar refractivity (Wildman–Crippen MR) is 81.9 cm³/mol. The van der Waals surface area contributed by atoms with Gasteiger partial charge in [-0.3, -0.25) is 0 Å². The molecule has 4 nitrogen and oxygen atoms in total. The Labute approximate surface area is 130 Å². The van der Waals surface area contributed by atoms with Crippen molar-refractivity contribution in [3.8, 4) is 5.69 Å². The van der Waals surface area contributed by atoms with E-state index in [0.717, 1.165) is 23.6 Å². The number of hydrogen-bond acceptors (Lipinski definition) is 2. The monoisotopic (exact) mass is 348 g/mol. The van der Waals surface area contributed by atoms with Crippen LogP contribution in [-0.2, 0) is 13.0 Å². The van der Waals surface area contributed by atoms with Gasteiger partial charge >= 0.3 is 0 Å². The predicted octanol–water partition coefficient (Wildman–Crippen LogP) is 3.58. The van der Waals surface area contributed by atoms with Gasteiger partial charge in [-0.25, -0.2) is 14.4 Å². The van der Waals surface area contributed by atoms with Crippen LogP contribution in [-0.4, -0.2) is 19.1 Å². The van der Waals surface area contributed by atoms with Crippen molar-refractivity contribution in [2.24, 2.45) is 0 Å². The molecule has 0 unspecified atom stereocenters. The molecular formula is C15H14BrFN4. The zero-order valence-corrected chi connectivity index (χ0v) is 13.1. The van der Waals surface area contributed by atoms with E-state index in [0.29, 0.717) is 11.0 Å². The molecule has 1 aromatic carbocycles. The minimum absolute atomic E-state index is 0.280. The molecule has 3 rings (SSSR count). The summed E-state index contributed by atoms with van der Waals surface area (Å²) in [6.07, 6.45) is 8.21. The molecular weight excluding hydrogens is 335 g/mol. The van der Waals surface area contributed by atoms with Crippen LogP contribution in [0, 0.1) is 5.82 Å². The molecule has 0 amide bonds. The lowest BCUT2D eigenvalue weighted by molar-refractivity contribution is 0.625. The van der Waals surface area contributed by atoms with Gasteiger partial charge in [0.25, 0.3) is 0 Å². The molecule has 0 atom stereocenters. The summed E-state index contributed by atoms with van der Waals surface area (Å²) in [5, 5.41) is 0. The molecule has 0 bridgehead atoms. The highest BCUT2D eigenvalue weighted by atomic mass is 79.9. The molecule has 0 spiro atoms. The second-order valence-electron chi connectivity index (χ2n) is 4.72. The smallest absolute Gasteiger partial charge is 0.126 e. The number of rotatable bonds is 4. The fourth-order valence-electron chi connectivity index (χ4n) is 2.25. The highest BCUT2D eigenvalue weighted by molar-refractivity contribution is 9.10. The lowest BCUT2D eigenvalue weighted by atomic mass is 10.3. The molecule has 0 N–H and O–H groups in total. The van der Waals surface area contributed by atoms with Crippen molar-refractivity contribution in [1.29, 1.82) is 0 Å². The van der Waals surface area contributed by atoms with Gasteiger partial charge in [0, 0.05) is 29.5 Å². The Bertz CT molecular complexity index is 742. The molecule has 0 saturated carbocycles. The Morgan fingerprint density at radius 3 is 2.86 bits per heavy atom. The molecule has 0 fully saturated rings. The zero-order valence-electron chi connectivity index (χ0n) is 11.5. The number of benzene rings is 1. The van der Waals surface area contributed by atoms with E-state index in [9.17, 15) is 4.39 Å². The lowest BCUT2D eigenvalue weighted by Gasteiger charge is -2.04. The average molecular weight is 349 g/mol. The van der Waals surface area contributed by atoms with E-state index in [1.807, 2.05) is 23.0 Å². The Kier molecular flexibility index (Phi) is 3.88. The summed E-state index contributed by atoms with van der Waals surface area (Å²) < 4.78 is 18.0. The second-order valence-corrected chi connectivity index (χ2v) is 5.64. The maximum Gasteiger partial charge on any atom is 0.126 e. The van der Waals surface area contributed by atoms with Crippen molar-refractivity contribution in [2.75, 3.05) is 0 Å². The van der Waals surface area contributed by atoms with Gasteiger partial charge in [0.2, 0.25) is 0 Å². The van der Waals surface area contributed by atoms with Gasteiger partial charge in [0.05, 0.1) is 24.3 Å². The highest BCUT2D eigenvalue weighted by Crippen LogP contribution is 2.18. The van der Waals surface area contributed by atoms with Crippen LogP contribution in [0.4, 0.5) is 4.39 Å². The van der Waals surface area contributed by atoms with Crippen LogP contribution >= 0.6 is 15.9 Å². The summed E-state index contributed by atoms with van der Waals surface area (Å²) in [5.74, 6) is 0.746. The minimum atomic E-state index is -0.280. The maximum atomic E-state index is 13.4. The van der Waals surface area contributed by atoms with Crippen LogP contribution in [0.1, 0.15) is 18.4 Å². The van der Waals surface area contributed by atoms with Crippen LogP contribution in [0.15, 0.2) is 47.6 Å². The van der Waals surface area contributed by atoms with Gasteiger partial charge in [-0.1, -0.05) is 22.9 Å². The molecule has 6 heteroatoms. The third-order valence-electron chi connectivity index (χ3n) is 3.23. The number of halogens is 2. The SMILES string of the molecule is CCc1nccn1Cc1cn(-c2cc(F)cc(Br)c2)cn1. The van der Waals surface area contributed by atoms with Crippen molar-refractivity contribution < 1.29 is 4.39 Å². The Morgan fingerprint density at radius 2 is 2.10 bits per heavy atom. The maximum absolute atomic E-state index is 13.4. The fourth-order valence-corrected chi connectivity index (χ4v) is 2.70. The van der Waals surface area contributed by atoms with Crippen LogP contribution in [0.5, 0.6) is 0 Å². The summed E-state index contributed by atoms with van der Waals surface area (Å²) in [4.78, 5) is 8.67. The van der Waals surface area contributed by atoms with Crippen molar-refractivity contribution in [1.82, 2.24) is 19.1 Å². The van der Waals surface area contributed by atoms with Gasteiger partial charge in [-0.05, 0) is 18.2 Å². The standard InChI is InChI=1S/C15H14BrFN4/c1-2-15-18-3-4-20(15)8-13-9-21(10-19-13)14-6-11(16)5-12(17)7-14/h3-7,9-10H,2,8H2,1H3. The van der Waals surface area contributed by atoms with Crippen LogP contribution in [0.2, 0.25) is 0 Å². The minimum Gasteiger partial charge on any atom is -0.329 e. The Hall–Kier alpha value is -1.95. The molecule has 2 heterocycles. The molecule has 3 aromatic rings. The normalized spacial score (nSPS) is 11.0. The van der Waals surface area contributed by atoms with Crippen LogP contribution in [0.3, 0.4) is 0 Å². The number of aromatic nitrogens is 4. The first-order valence-electron chi connectivity index (χ1n) is 6.65. The van der Waals surface area contributed by atoms with Crippen LogP contribution in [0.25, 0.3) is 5.69 Å². The molecule has 0 radical (unpaired) electrons. The van der Waals surface area contributed by atoms with E-state index in [-0.39, 0.29) is 5.82 Å². The molecule has 0 aliphatic rings. The number of imidazole rings is 2. The average Bonchev–Trinajstić information content (AvgIpc) is 3.07. The highest BCUT2D eigenvalue weighted by Gasteiger charge is 2.06. The molecule has 0 aliphatic carbocycles. The summed E-state index contributed by atoms with van der Waals surface area (Å²) >= 11 is 3.30. The number of aryl methyl sites for hydroxylation is 1. The van der Waals surface area contributed by atoms with Crippen LogP contribution < -0.4 is 0 Å². The van der Waals surface area contributed by atoms with Gasteiger partial charge in [0.15, 0.2) is 0 Å². The van der Waals surface area contributed by atoms with E-state index in [1.165, 1.54) is 12.1 Å².